The zero-order valence-corrected chi connectivity index (χ0v) is 9.80. The van der Waals surface area contributed by atoms with Crippen LogP contribution in [0.5, 0.6) is 0 Å². The van der Waals surface area contributed by atoms with Crippen molar-refractivity contribution in [3.63, 3.8) is 0 Å². The average Bonchev–Trinajstić information content (AvgIpc) is 2.88. The molecule has 0 radical (unpaired) electrons. The Morgan fingerprint density at radius 1 is 1.69 bits per heavy atom. The molecule has 4 heteroatoms. The first-order chi connectivity index (χ1) is 7.75. The van der Waals surface area contributed by atoms with E-state index < -0.39 is 0 Å². The van der Waals surface area contributed by atoms with Gasteiger partial charge in [-0.05, 0) is 25.7 Å². The van der Waals surface area contributed by atoms with E-state index in [0.717, 1.165) is 31.7 Å². The van der Waals surface area contributed by atoms with Crippen molar-refractivity contribution in [1.29, 1.82) is 0 Å². The highest BCUT2D eigenvalue weighted by Crippen LogP contribution is 2.18. The molecule has 0 aromatic carbocycles. The van der Waals surface area contributed by atoms with Crippen LogP contribution in [0.25, 0.3) is 0 Å². The maximum atomic E-state index is 9.90. The number of nitrogens with zero attached hydrogens (tertiary/aromatic N) is 2. The van der Waals surface area contributed by atoms with Gasteiger partial charge in [0.05, 0.1) is 12.2 Å². The third-order valence-electron chi connectivity index (χ3n) is 3.19. The van der Waals surface area contributed by atoms with E-state index in [2.05, 4.69) is 4.98 Å². The third kappa shape index (κ3) is 3.06. The summed E-state index contributed by atoms with van der Waals surface area (Å²) in [6.07, 6.45) is 8.46. The lowest BCUT2D eigenvalue weighted by Crippen LogP contribution is -2.16. The van der Waals surface area contributed by atoms with Crippen molar-refractivity contribution in [3.05, 3.63) is 18.2 Å². The summed E-state index contributed by atoms with van der Waals surface area (Å²) in [5.41, 5.74) is 0. The Balaban J connectivity index is 1.71. The molecule has 0 bridgehead atoms. The predicted octanol–water partition coefficient (Wildman–Crippen LogP) is 1.28. The highest BCUT2D eigenvalue weighted by atomic mass is 16.5. The summed E-state index contributed by atoms with van der Waals surface area (Å²) in [7, 11) is 1.95. The first-order valence-electron chi connectivity index (χ1n) is 6.01. The van der Waals surface area contributed by atoms with E-state index in [1.54, 1.807) is 6.20 Å². The second kappa shape index (κ2) is 5.46. The lowest BCUT2D eigenvalue weighted by atomic mass is 10.1. The van der Waals surface area contributed by atoms with E-state index in [0.29, 0.717) is 12.5 Å². The summed E-state index contributed by atoms with van der Waals surface area (Å²) < 4.78 is 7.48. The molecule has 1 fully saturated rings. The minimum absolute atomic E-state index is 0.301. The number of aryl methyl sites for hydroxylation is 1. The summed E-state index contributed by atoms with van der Waals surface area (Å²) in [4.78, 5) is 4.21. The Hall–Kier alpha value is -0.870. The average molecular weight is 224 g/mol. The lowest BCUT2D eigenvalue weighted by Gasteiger charge is -2.13. The van der Waals surface area contributed by atoms with Crippen LogP contribution in [0.1, 0.15) is 31.5 Å². The lowest BCUT2D eigenvalue weighted by molar-refractivity contribution is 0.0806. The summed E-state index contributed by atoms with van der Waals surface area (Å²) in [6, 6.07) is 0. The minimum Gasteiger partial charge on any atom is -0.393 e. The molecule has 1 aromatic rings. The van der Waals surface area contributed by atoms with E-state index in [-0.39, 0.29) is 6.10 Å². The highest BCUT2D eigenvalue weighted by molar-refractivity contribution is 4.93. The number of imidazole rings is 1. The van der Waals surface area contributed by atoms with Gasteiger partial charge in [0.15, 0.2) is 0 Å². The van der Waals surface area contributed by atoms with Gasteiger partial charge in [0, 0.05) is 32.5 Å². The number of hydrogen-bond donors (Lipinski definition) is 1. The number of aromatic nitrogens is 2. The number of hydrogen-bond acceptors (Lipinski definition) is 3. The van der Waals surface area contributed by atoms with Crippen molar-refractivity contribution < 1.29 is 9.84 Å². The monoisotopic (exact) mass is 224 g/mol. The molecular weight excluding hydrogens is 204 g/mol. The predicted molar refractivity (Wildman–Crippen MR) is 61.1 cm³/mol. The van der Waals surface area contributed by atoms with Crippen LogP contribution >= 0.6 is 0 Å². The number of aliphatic hydroxyl groups excluding tert-OH is 1. The summed E-state index contributed by atoms with van der Waals surface area (Å²) in [5, 5.41) is 9.90. The molecule has 0 saturated carbocycles. The van der Waals surface area contributed by atoms with Crippen molar-refractivity contribution in [2.24, 2.45) is 7.05 Å². The Kier molecular flexibility index (Phi) is 3.96. The van der Waals surface area contributed by atoms with Gasteiger partial charge in [-0.25, -0.2) is 4.98 Å². The second-order valence-electron chi connectivity index (χ2n) is 4.52. The molecule has 2 atom stereocenters. The summed E-state index contributed by atoms with van der Waals surface area (Å²) in [5.74, 6) is 0.944. The fraction of sp³-hybridized carbons (Fsp3) is 0.750. The Bertz CT molecular complexity index is 319. The Labute approximate surface area is 96.3 Å². The summed E-state index contributed by atoms with van der Waals surface area (Å²) >= 11 is 0. The molecule has 1 aliphatic rings. The normalized spacial score (nSPS) is 22.5. The zero-order valence-electron chi connectivity index (χ0n) is 9.80. The van der Waals surface area contributed by atoms with Gasteiger partial charge < -0.3 is 14.4 Å². The van der Waals surface area contributed by atoms with Crippen LogP contribution in [-0.2, 0) is 18.2 Å². The van der Waals surface area contributed by atoms with Crippen molar-refractivity contribution in [2.45, 2.75) is 44.3 Å². The maximum absolute atomic E-state index is 9.90. The van der Waals surface area contributed by atoms with E-state index in [4.69, 9.17) is 4.74 Å². The molecule has 1 aromatic heterocycles. The molecule has 0 spiro atoms. The van der Waals surface area contributed by atoms with E-state index in [1.807, 2.05) is 17.8 Å². The van der Waals surface area contributed by atoms with Gasteiger partial charge in [0.2, 0.25) is 0 Å². The van der Waals surface area contributed by atoms with E-state index in [9.17, 15) is 5.11 Å². The maximum Gasteiger partial charge on any atom is 0.110 e. The van der Waals surface area contributed by atoms with E-state index in [1.165, 1.54) is 6.42 Å². The molecule has 4 nitrogen and oxygen atoms in total. The van der Waals surface area contributed by atoms with Crippen LogP contribution in [0.2, 0.25) is 0 Å². The van der Waals surface area contributed by atoms with Crippen LogP contribution in [0.3, 0.4) is 0 Å². The molecule has 1 aliphatic heterocycles. The molecule has 1 saturated heterocycles. The molecule has 0 amide bonds. The highest BCUT2D eigenvalue weighted by Gasteiger charge is 2.17. The van der Waals surface area contributed by atoms with Crippen LogP contribution in [0.15, 0.2) is 12.4 Å². The standard InChI is InChI=1S/C12H20N2O2/c1-14-7-6-13-12(14)9-10(15)4-5-11-3-2-8-16-11/h6-7,10-11,15H,2-5,8-9H2,1H3. The Morgan fingerprint density at radius 2 is 2.56 bits per heavy atom. The van der Waals surface area contributed by atoms with Crippen molar-refractivity contribution in [2.75, 3.05) is 6.61 Å². The largest absolute Gasteiger partial charge is 0.393 e. The number of rotatable bonds is 5. The third-order valence-corrected chi connectivity index (χ3v) is 3.19. The van der Waals surface area contributed by atoms with Gasteiger partial charge in [-0.15, -0.1) is 0 Å². The molecule has 16 heavy (non-hydrogen) atoms. The van der Waals surface area contributed by atoms with Crippen LogP contribution in [0, 0.1) is 0 Å². The SMILES string of the molecule is Cn1ccnc1CC(O)CCC1CCCO1. The first kappa shape index (κ1) is 11.6. The van der Waals surface area contributed by atoms with Gasteiger partial charge in [-0.3, -0.25) is 0 Å². The quantitative estimate of drug-likeness (QED) is 0.819. The smallest absolute Gasteiger partial charge is 0.110 e. The van der Waals surface area contributed by atoms with Crippen LogP contribution in [-0.4, -0.2) is 33.5 Å². The molecule has 0 aliphatic carbocycles. The topological polar surface area (TPSA) is 47.3 Å². The number of ether oxygens (including phenoxy) is 1. The van der Waals surface area contributed by atoms with E-state index >= 15 is 0 Å². The van der Waals surface area contributed by atoms with Crippen LogP contribution in [0.4, 0.5) is 0 Å². The van der Waals surface area contributed by atoms with Gasteiger partial charge in [0.25, 0.3) is 0 Å². The van der Waals surface area contributed by atoms with Crippen molar-refractivity contribution in [1.82, 2.24) is 9.55 Å². The minimum atomic E-state index is -0.301. The molecular formula is C12H20N2O2. The van der Waals surface area contributed by atoms with Gasteiger partial charge in [-0.2, -0.15) is 0 Å². The zero-order chi connectivity index (χ0) is 11.4. The molecule has 2 unspecified atom stereocenters. The molecule has 2 rings (SSSR count). The fourth-order valence-electron chi connectivity index (χ4n) is 2.16. The second-order valence-corrected chi connectivity index (χ2v) is 4.52. The number of aliphatic hydroxyl groups is 1. The van der Waals surface area contributed by atoms with Gasteiger partial charge >= 0.3 is 0 Å². The van der Waals surface area contributed by atoms with Crippen molar-refractivity contribution >= 4 is 0 Å². The summed E-state index contributed by atoms with van der Waals surface area (Å²) in [6.45, 7) is 0.889. The van der Waals surface area contributed by atoms with Gasteiger partial charge in [0.1, 0.15) is 5.82 Å². The molecule has 2 heterocycles. The molecule has 1 N–H and O–H groups in total. The molecule has 90 valence electrons. The first-order valence-corrected chi connectivity index (χ1v) is 6.01. The van der Waals surface area contributed by atoms with Crippen molar-refractivity contribution in [3.8, 4) is 0 Å². The fourth-order valence-corrected chi connectivity index (χ4v) is 2.16. The Morgan fingerprint density at radius 3 is 3.19 bits per heavy atom. The van der Waals surface area contributed by atoms with Crippen LogP contribution < -0.4 is 0 Å². The van der Waals surface area contributed by atoms with Gasteiger partial charge in [-0.1, -0.05) is 0 Å².